The first kappa shape index (κ1) is 12.0. The van der Waals surface area contributed by atoms with Crippen molar-refractivity contribution in [2.45, 2.75) is 19.2 Å². The summed E-state index contributed by atoms with van der Waals surface area (Å²) in [6.07, 6.45) is 0. The molecule has 0 aromatic heterocycles. The van der Waals surface area contributed by atoms with Gasteiger partial charge in [0.1, 0.15) is 0 Å². The maximum Gasteiger partial charge on any atom is 0.323 e. The molecule has 5 heteroatoms. The summed E-state index contributed by atoms with van der Waals surface area (Å²) in [5.74, 6) is -1.99. The number of carbonyl (C=O) groups is 2. The van der Waals surface area contributed by atoms with Crippen LogP contribution in [0, 0.1) is 5.41 Å². The fourth-order valence-corrected chi connectivity index (χ4v) is 1.02. The Morgan fingerprint density at radius 1 is 1.62 bits per heavy atom. The van der Waals surface area contributed by atoms with Gasteiger partial charge in [-0.05, 0) is 13.8 Å². The maximum absolute atomic E-state index is 11.4. The number of ketones is 1. The number of carbonyl (C=O) groups excluding carboxylic acids is 1. The van der Waals surface area contributed by atoms with Crippen LogP contribution in [0.2, 0.25) is 0 Å². The molecule has 4 nitrogen and oxygen atoms in total. The first-order valence-electron chi connectivity index (χ1n) is 3.61. The molecule has 0 saturated carbocycles. The fourth-order valence-electron chi connectivity index (χ4n) is 0.799. The number of hydrogen-bond donors (Lipinski definition) is 2. The Hall–Kier alpha value is -1.03. The maximum atomic E-state index is 11.4. The van der Waals surface area contributed by atoms with E-state index in [-0.39, 0.29) is 5.70 Å². The van der Waals surface area contributed by atoms with Gasteiger partial charge in [-0.3, -0.25) is 9.59 Å². The molecule has 0 amide bonds. The minimum absolute atomic E-state index is 0.211. The molecule has 13 heavy (non-hydrogen) atoms. The van der Waals surface area contributed by atoms with Crippen LogP contribution in [-0.4, -0.2) is 22.2 Å². The first-order valence-corrected chi connectivity index (χ1v) is 4.04. The molecule has 0 fully saturated rings. The number of alkyl halides is 1. The van der Waals surface area contributed by atoms with E-state index in [4.69, 9.17) is 22.4 Å². The highest BCUT2D eigenvalue weighted by molar-refractivity contribution is 6.33. The predicted molar refractivity (Wildman–Crippen MR) is 49.4 cm³/mol. The zero-order valence-electron chi connectivity index (χ0n) is 7.50. The lowest BCUT2D eigenvalue weighted by Crippen LogP contribution is -2.44. The third-order valence-corrected chi connectivity index (χ3v) is 2.12. The average molecular weight is 206 g/mol. The highest BCUT2D eigenvalue weighted by Gasteiger charge is 2.44. The van der Waals surface area contributed by atoms with Crippen molar-refractivity contribution in [3.05, 3.63) is 12.3 Å². The van der Waals surface area contributed by atoms with Crippen molar-refractivity contribution >= 4 is 23.4 Å². The lowest BCUT2D eigenvalue weighted by molar-refractivity contribution is -0.151. The first-order chi connectivity index (χ1) is 5.74. The molecular weight excluding hydrogens is 194 g/mol. The van der Waals surface area contributed by atoms with Gasteiger partial charge in [0, 0.05) is 5.70 Å². The molecule has 3 N–H and O–H groups in total. The smallest absolute Gasteiger partial charge is 0.323 e. The van der Waals surface area contributed by atoms with Crippen LogP contribution in [0.4, 0.5) is 0 Å². The number of aliphatic carboxylic acids is 1. The van der Waals surface area contributed by atoms with Crippen molar-refractivity contribution < 1.29 is 14.7 Å². The summed E-state index contributed by atoms with van der Waals surface area (Å²) >= 11 is 5.49. The second-order valence-corrected chi connectivity index (χ2v) is 3.59. The summed E-state index contributed by atoms with van der Waals surface area (Å²) in [6, 6.07) is 0. The normalized spacial score (nSPS) is 17.2. The Balaban J connectivity index is 5.15. The van der Waals surface area contributed by atoms with Gasteiger partial charge < -0.3 is 10.8 Å². The molecule has 0 aliphatic heterocycles. The molecule has 0 heterocycles. The van der Waals surface area contributed by atoms with Crippen molar-refractivity contribution in [3.63, 3.8) is 0 Å². The largest absolute Gasteiger partial charge is 0.480 e. The van der Waals surface area contributed by atoms with Gasteiger partial charge in [0.15, 0.2) is 11.2 Å². The number of rotatable bonds is 4. The van der Waals surface area contributed by atoms with E-state index in [0.29, 0.717) is 0 Å². The molecule has 2 unspecified atom stereocenters. The summed E-state index contributed by atoms with van der Waals surface area (Å²) in [6.45, 7) is 5.86. The van der Waals surface area contributed by atoms with E-state index in [9.17, 15) is 9.59 Å². The van der Waals surface area contributed by atoms with Gasteiger partial charge in [0.05, 0.1) is 5.38 Å². The van der Waals surface area contributed by atoms with E-state index in [2.05, 4.69) is 6.58 Å². The van der Waals surface area contributed by atoms with E-state index < -0.39 is 22.5 Å². The Bertz CT molecular complexity index is 246. The highest BCUT2D eigenvalue weighted by Crippen LogP contribution is 2.26. The standard InChI is InChI=1S/C8H12ClNO3/c1-4(9)6(11)8(3,5(2)10)7(12)13/h4H,2,10H2,1,3H3,(H,12,13). The SMILES string of the molecule is C=C(N)C(C)(C(=O)O)C(=O)C(C)Cl. The molecule has 0 rings (SSSR count). The number of carboxylic acid groups (broad SMARTS) is 1. The molecule has 0 radical (unpaired) electrons. The van der Waals surface area contributed by atoms with E-state index in [1.54, 1.807) is 0 Å². The molecular formula is C8H12ClNO3. The van der Waals surface area contributed by atoms with Gasteiger partial charge in [0.2, 0.25) is 0 Å². The Labute approximate surface area is 81.4 Å². The third kappa shape index (κ3) is 2.01. The predicted octanol–water partition coefficient (Wildman–Crippen LogP) is 0.746. The molecule has 0 spiro atoms. The van der Waals surface area contributed by atoms with Crippen molar-refractivity contribution in [2.24, 2.45) is 11.1 Å². The molecule has 0 aromatic rings. The van der Waals surface area contributed by atoms with Gasteiger partial charge in [-0.25, -0.2) is 0 Å². The molecule has 0 aliphatic carbocycles. The lowest BCUT2D eigenvalue weighted by atomic mass is 9.81. The Morgan fingerprint density at radius 3 is 2.08 bits per heavy atom. The van der Waals surface area contributed by atoms with Gasteiger partial charge in [-0.2, -0.15) is 0 Å². The second kappa shape index (κ2) is 3.79. The van der Waals surface area contributed by atoms with E-state index in [1.165, 1.54) is 13.8 Å². The molecule has 2 atom stereocenters. The molecule has 0 aromatic carbocycles. The third-order valence-electron chi connectivity index (χ3n) is 1.92. The van der Waals surface area contributed by atoms with Gasteiger partial charge >= 0.3 is 5.97 Å². The van der Waals surface area contributed by atoms with Crippen molar-refractivity contribution in [1.82, 2.24) is 0 Å². The van der Waals surface area contributed by atoms with Gasteiger partial charge in [-0.15, -0.1) is 11.6 Å². The van der Waals surface area contributed by atoms with Crippen LogP contribution in [0.3, 0.4) is 0 Å². The molecule has 0 saturated heterocycles. The number of carboxylic acids is 1. The van der Waals surface area contributed by atoms with Gasteiger partial charge in [-0.1, -0.05) is 6.58 Å². The van der Waals surface area contributed by atoms with Crippen LogP contribution in [0.15, 0.2) is 12.3 Å². The monoisotopic (exact) mass is 205 g/mol. The molecule has 0 bridgehead atoms. The van der Waals surface area contributed by atoms with Crippen LogP contribution in [-0.2, 0) is 9.59 Å². The number of Topliss-reactive ketones (excluding diaryl/α,β-unsaturated/α-hetero) is 1. The van der Waals surface area contributed by atoms with E-state index in [1.807, 2.05) is 0 Å². The zero-order valence-corrected chi connectivity index (χ0v) is 8.26. The molecule has 0 aliphatic rings. The van der Waals surface area contributed by atoms with Crippen LogP contribution in [0.1, 0.15) is 13.8 Å². The Kier molecular flexibility index (Phi) is 3.49. The highest BCUT2D eigenvalue weighted by atomic mass is 35.5. The summed E-state index contributed by atoms with van der Waals surface area (Å²) in [7, 11) is 0. The number of hydrogen-bond acceptors (Lipinski definition) is 3. The van der Waals surface area contributed by atoms with Crippen LogP contribution in [0.25, 0.3) is 0 Å². The van der Waals surface area contributed by atoms with E-state index in [0.717, 1.165) is 0 Å². The topological polar surface area (TPSA) is 80.4 Å². The van der Waals surface area contributed by atoms with Gasteiger partial charge in [0.25, 0.3) is 0 Å². The molecule has 74 valence electrons. The zero-order chi connectivity index (χ0) is 10.8. The average Bonchev–Trinajstić information content (AvgIpc) is 2.00. The number of halogens is 1. The minimum Gasteiger partial charge on any atom is -0.480 e. The van der Waals surface area contributed by atoms with Crippen LogP contribution in [0.5, 0.6) is 0 Å². The summed E-state index contributed by atoms with van der Waals surface area (Å²) < 4.78 is 0. The van der Waals surface area contributed by atoms with Crippen molar-refractivity contribution in [1.29, 1.82) is 0 Å². The lowest BCUT2D eigenvalue weighted by Gasteiger charge is -2.23. The minimum atomic E-state index is -1.79. The Morgan fingerprint density at radius 2 is 2.00 bits per heavy atom. The second-order valence-electron chi connectivity index (χ2n) is 2.94. The summed E-state index contributed by atoms with van der Waals surface area (Å²) in [4.78, 5) is 22.2. The van der Waals surface area contributed by atoms with Crippen molar-refractivity contribution in [3.8, 4) is 0 Å². The summed E-state index contributed by atoms with van der Waals surface area (Å²) in [5.41, 5.74) is 3.25. The quantitative estimate of drug-likeness (QED) is 0.524. The van der Waals surface area contributed by atoms with E-state index >= 15 is 0 Å². The summed E-state index contributed by atoms with van der Waals surface area (Å²) in [5, 5.41) is 7.90. The number of nitrogens with two attached hydrogens (primary N) is 1. The van der Waals surface area contributed by atoms with Crippen molar-refractivity contribution in [2.75, 3.05) is 0 Å². The fraction of sp³-hybridized carbons (Fsp3) is 0.500. The van der Waals surface area contributed by atoms with Crippen LogP contribution < -0.4 is 5.73 Å². The van der Waals surface area contributed by atoms with Crippen LogP contribution >= 0.6 is 11.6 Å².